The second-order valence-corrected chi connectivity index (χ2v) is 5.89. The van der Waals surface area contributed by atoms with Crippen LogP contribution >= 0.6 is 23.2 Å². The first-order valence-corrected chi connectivity index (χ1v) is 7.90. The first-order chi connectivity index (χ1) is 10.5. The molecule has 0 saturated heterocycles. The molecule has 2 N–H and O–H groups in total. The summed E-state index contributed by atoms with van der Waals surface area (Å²) in [6, 6.07) is 13.0. The van der Waals surface area contributed by atoms with Gasteiger partial charge in [0.05, 0.1) is 11.4 Å². The average molecular weight is 336 g/mol. The summed E-state index contributed by atoms with van der Waals surface area (Å²) >= 11 is 12.1. The zero-order valence-corrected chi connectivity index (χ0v) is 14.2. The number of anilines is 2. The molecular weight excluding hydrogens is 317 g/mol. The molecule has 0 amide bonds. The van der Waals surface area contributed by atoms with Gasteiger partial charge in [-0.25, -0.2) is 0 Å². The standard InChI is InChI=1S/C17H19Cl2N3/c1-3-9-22(15-6-4-5-13(18)10-15)21-12(2)16-11-14(19)7-8-17(16)20/h4-8,10-11H,3,9,20H2,1-2H3/b21-12+. The monoisotopic (exact) mass is 335 g/mol. The van der Waals surface area contributed by atoms with Crippen molar-refractivity contribution in [3.8, 4) is 0 Å². The second-order valence-electron chi connectivity index (χ2n) is 5.02. The van der Waals surface area contributed by atoms with E-state index in [0.29, 0.717) is 15.7 Å². The summed E-state index contributed by atoms with van der Waals surface area (Å²) in [4.78, 5) is 0. The lowest BCUT2D eigenvalue weighted by atomic mass is 10.1. The molecule has 0 saturated carbocycles. The molecule has 2 rings (SSSR count). The Hall–Kier alpha value is -1.71. The maximum Gasteiger partial charge on any atom is 0.0672 e. The maximum absolute atomic E-state index is 6.08. The Kier molecular flexibility index (Phi) is 5.69. The predicted molar refractivity (Wildman–Crippen MR) is 97.2 cm³/mol. The molecule has 0 aliphatic carbocycles. The zero-order chi connectivity index (χ0) is 16.1. The van der Waals surface area contributed by atoms with Crippen molar-refractivity contribution < 1.29 is 0 Å². The van der Waals surface area contributed by atoms with Crippen LogP contribution in [0.3, 0.4) is 0 Å². The fourth-order valence-electron chi connectivity index (χ4n) is 2.16. The van der Waals surface area contributed by atoms with E-state index >= 15 is 0 Å². The van der Waals surface area contributed by atoms with Crippen molar-refractivity contribution in [2.75, 3.05) is 17.3 Å². The third-order valence-electron chi connectivity index (χ3n) is 3.22. The van der Waals surface area contributed by atoms with Crippen LogP contribution in [0.5, 0.6) is 0 Å². The molecule has 22 heavy (non-hydrogen) atoms. The van der Waals surface area contributed by atoms with Gasteiger partial charge in [-0.3, -0.25) is 5.01 Å². The maximum atomic E-state index is 6.08. The average Bonchev–Trinajstić information content (AvgIpc) is 2.49. The lowest BCUT2D eigenvalue weighted by Crippen LogP contribution is -2.19. The number of hydrogen-bond acceptors (Lipinski definition) is 3. The number of nitrogens with zero attached hydrogens (tertiary/aromatic N) is 2. The van der Waals surface area contributed by atoms with Gasteiger partial charge in [0.1, 0.15) is 0 Å². The smallest absolute Gasteiger partial charge is 0.0672 e. The van der Waals surface area contributed by atoms with Gasteiger partial charge in [0.2, 0.25) is 0 Å². The quantitative estimate of drug-likeness (QED) is 0.462. The normalized spacial score (nSPS) is 11.5. The van der Waals surface area contributed by atoms with E-state index in [1.165, 1.54) is 0 Å². The molecule has 2 aromatic rings. The van der Waals surface area contributed by atoms with E-state index in [-0.39, 0.29) is 0 Å². The number of hydrazone groups is 1. The van der Waals surface area contributed by atoms with Crippen LogP contribution in [0.1, 0.15) is 25.8 Å². The van der Waals surface area contributed by atoms with E-state index in [2.05, 4.69) is 6.92 Å². The summed E-state index contributed by atoms with van der Waals surface area (Å²) in [6.07, 6.45) is 0.967. The third kappa shape index (κ3) is 4.15. The van der Waals surface area contributed by atoms with Crippen LogP contribution in [-0.4, -0.2) is 12.3 Å². The van der Waals surface area contributed by atoms with Crippen molar-refractivity contribution in [3.63, 3.8) is 0 Å². The molecule has 0 aliphatic heterocycles. The van der Waals surface area contributed by atoms with E-state index in [9.17, 15) is 0 Å². The molecule has 0 radical (unpaired) electrons. The van der Waals surface area contributed by atoms with Crippen molar-refractivity contribution in [2.24, 2.45) is 5.10 Å². The highest BCUT2D eigenvalue weighted by Gasteiger charge is 2.09. The minimum absolute atomic E-state index is 0.642. The van der Waals surface area contributed by atoms with Crippen LogP contribution in [0.15, 0.2) is 47.6 Å². The third-order valence-corrected chi connectivity index (χ3v) is 3.69. The van der Waals surface area contributed by atoms with Crippen LogP contribution in [0.2, 0.25) is 10.0 Å². The first kappa shape index (κ1) is 16.7. The lowest BCUT2D eigenvalue weighted by Gasteiger charge is -2.20. The van der Waals surface area contributed by atoms with E-state index in [1.807, 2.05) is 42.3 Å². The van der Waals surface area contributed by atoms with Crippen molar-refractivity contribution in [1.82, 2.24) is 0 Å². The Bertz CT molecular complexity index is 683. The molecule has 0 aliphatic rings. The minimum Gasteiger partial charge on any atom is -0.398 e. The minimum atomic E-state index is 0.642. The van der Waals surface area contributed by atoms with Crippen molar-refractivity contribution in [1.29, 1.82) is 0 Å². The highest BCUT2D eigenvalue weighted by atomic mass is 35.5. The van der Waals surface area contributed by atoms with E-state index in [4.69, 9.17) is 34.0 Å². The highest BCUT2D eigenvalue weighted by Crippen LogP contribution is 2.23. The van der Waals surface area contributed by atoms with Gasteiger partial charge < -0.3 is 5.73 Å². The van der Waals surface area contributed by atoms with Crippen molar-refractivity contribution in [2.45, 2.75) is 20.3 Å². The molecule has 0 spiro atoms. The molecule has 0 fully saturated rings. The van der Waals surface area contributed by atoms with Crippen LogP contribution in [0.25, 0.3) is 0 Å². The van der Waals surface area contributed by atoms with Crippen LogP contribution < -0.4 is 10.7 Å². The second kappa shape index (κ2) is 7.52. The number of nitrogens with two attached hydrogens (primary N) is 1. The number of hydrogen-bond donors (Lipinski definition) is 1. The van der Waals surface area contributed by atoms with Crippen LogP contribution in [0.4, 0.5) is 11.4 Å². The Morgan fingerprint density at radius 2 is 1.86 bits per heavy atom. The van der Waals surface area contributed by atoms with Crippen molar-refractivity contribution in [3.05, 3.63) is 58.1 Å². The summed E-state index contributed by atoms with van der Waals surface area (Å²) < 4.78 is 0. The zero-order valence-electron chi connectivity index (χ0n) is 12.7. The highest BCUT2D eigenvalue weighted by molar-refractivity contribution is 6.31. The first-order valence-electron chi connectivity index (χ1n) is 7.15. The van der Waals surface area contributed by atoms with Crippen LogP contribution in [-0.2, 0) is 0 Å². The Morgan fingerprint density at radius 1 is 1.14 bits per heavy atom. The topological polar surface area (TPSA) is 41.6 Å². The predicted octanol–water partition coefficient (Wildman–Crippen LogP) is 5.22. The summed E-state index contributed by atoms with van der Waals surface area (Å²) in [7, 11) is 0. The number of rotatable bonds is 5. The SMILES string of the molecule is CCCN(/N=C(\C)c1cc(Cl)ccc1N)c1cccc(Cl)c1. The summed E-state index contributed by atoms with van der Waals surface area (Å²) in [6.45, 7) is 4.82. The fraction of sp³-hybridized carbons (Fsp3) is 0.235. The number of benzene rings is 2. The molecule has 0 unspecified atom stereocenters. The molecule has 0 atom stereocenters. The summed E-state index contributed by atoms with van der Waals surface area (Å²) in [5.41, 5.74) is 9.29. The number of nitrogen functional groups attached to an aromatic ring is 1. The number of halogens is 2. The van der Waals surface area contributed by atoms with Crippen molar-refractivity contribution >= 4 is 40.3 Å². The Labute approximate surface area is 141 Å². The lowest BCUT2D eigenvalue weighted by molar-refractivity contribution is 0.806. The molecule has 0 aromatic heterocycles. The Balaban J connectivity index is 2.38. The largest absolute Gasteiger partial charge is 0.398 e. The van der Waals surface area contributed by atoms with Gasteiger partial charge >= 0.3 is 0 Å². The molecule has 0 heterocycles. The molecule has 5 heteroatoms. The molecule has 0 bridgehead atoms. The fourth-order valence-corrected chi connectivity index (χ4v) is 2.52. The Morgan fingerprint density at radius 3 is 2.55 bits per heavy atom. The molecule has 2 aromatic carbocycles. The van der Waals surface area contributed by atoms with Gasteiger partial charge in [0.25, 0.3) is 0 Å². The van der Waals surface area contributed by atoms with Gasteiger partial charge in [0.15, 0.2) is 0 Å². The summed E-state index contributed by atoms with van der Waals surface area (Å²) in [5, 5.41) is 7.97. The van der Waals surface area contributed by atoms with E-state index < -0.39 is 0 Å². The summed E-state index contributed by atoms with van der Waals surface area (Å²) in [5.74, 6) is 0. The van der Waals surface area contributed by atoms with Crippen LogP contribution in [0, 0.1) is 0 Å². The molecule has 116 valence electrons. The van der Waals surface area contributed by atoms with Gasteiger partial charge in [-0.05, 0) is 49.7 Å². The molecular formula is C17H19Cl2N3. The van der Waals surface area contributed by atoms with E-state index in [0.717, 1.165) is 29.9 Å². The van der Waals surface area contributed by atoms with E-state index in [1.54, 1.807) is 12.1 Å². The van der Waals surface area contributed by atoms with Gasteiger partial charge in [-0.2, -0.15) is 5.10 Å². The van der Waals surface area contributed by atoms with Gasteiger partial charge in [-0.1, -0.05) is 36.2 Å². The van der Waals surface area contributed by atoms with Gasteiger partial charge in [-0.15, -0.1) is 0 Å². The molecule has 3 nitrogen and oxygen atoms in total. The van der Waals surface area contributed by atoms with Gasteiger partial charge in [0, 0.05) is 27.8 Å².